The summed E-state index contributed by atoms with van der Waals surface area (Å²) in [5.41, 5.74) is 0.695. The average Bonchev–Trinajstić information content (AvgIpc) is 2.37. The maximum Gasteiger partial charge on any atom is 0.337 e. The van der Waals surface area contributed by atoms with E-state index in [4.69, 9.17) is 5.11 Å². The summed E-state index contributed by atoms with van der Waals surface area (Å²) in [5.74, 6) is -1.49. The molecule has 0 aliphatic carbocycles. The van der Waals surface area contributed by atoms with Crippen molar-refractivity contribution >= 4 is 34.0 Å². The van der Waals surface area contributed by atoms with E-state index in [1.54, 1.807) is 0 Å². The molecule has 18 heavy (non-hydrogen) atoms. The van der Waals surface area contributed by atoms with E-state index >= 15 is 0 Å². The fraction of sp³-hybridized carbons (Fsp3) is 0.250. The number of aliphatic hydroxyl groups excluding tert-OH is 1. The molecule has 0 saturated heterocycles. The van der Waals surface area contributed by atoms with E-state index in [0.717, 1.165) is 0 Å². The number of aliphatic hydroxyl groups is 1. The Kier molecular flexibility index (Phi) is 5.18. The minimum absolute atomic E-state index is 0.0209. The molecule has 0 heterocycles. The van der Waals surface area contributed by atoms with Crippen LogP contribution >= 0.6 is 15.9 Å². The summed E-state index contributed by atoms with van der Waals surface area (Å²) >= 11 is 3.03. The molecule has 0 radical (unpaired) electrons. The predicted molar refractivity (Wildman–Crippen MR) is 66.9 cm³/mol. The average molecular weight is 315 g/mol. The second-order valence-electron chi connectivity index (χ2n) is 3.67. The molecular weight excluding hydrogens is 304 g/mol. The molecule has 2 N–H and O–H groups in total. The van der Waals surface area contributed by atoms with Crippen LogP contribution in [0.25, 0.3) is 0 Å². The van der Waals surface area contributed by atoms with E-state index in [0.29, 0.717) is 11.8 Å². The Hall–Kier alpha value is -1.53. The molecule has 1 rings (SSSR count). The fourth-order valence-electron chi connectivity index (χ4n) is 1.49. The molecular formula is C12H11BrO5. The maximum atomic E-state index is 11.2. The molecule has 0 saturated carbocycles. The van der Waals surface area contributed by atoms with Crippen LogP contribution < -0.4 is 0 Å². The van der Waals surface area contributed by atoms with Crippen molar-refractivity contribution in [3.05, 3.63) is 34.9 Å². The Morgan fingerprint density at radius 2 is 2.06 bits per heavy atom. The second-order valence-corrected chi connectivity index (χ2v) is 4.23. The summed E-state index contributed by atoms with van der Waals surface area (Å²) in [6, 6.07) is 4.28. The van der Waals surface area contributed by atoms with Crippen LogP contribution in [0.5, 0.6) is 0 Å². The number of hydrogen-bond acceptors (Lipinski definition) is 4. The number of ketones is 1. The number of carbonyl (C=O) groups excluding carboxylic acids is 2. The van der Waals surface area contributed by atoms with Gasteiger partial charge >= 0.3 is 5.97 Å². The highest BCUT2D eigenvalue weighted by molar-refractivity contribution is 9.09. The van der Waals surface area contributed by atoms with E-state index in [-0.39, 0.29) is 28.7 Å². The highest BCUT2D eigenvalue weighted by Crippen LogP contribution is 2.19. The van der Waals surface area contributed by atoms with Gasteiger partial charge in [0, 0.05) is 17.5 Å². The first-order valence-electron chi connectivity index (χ1n) is 5.06. The molecule has 1 atom stereocenters. The number of aliphatic carboxylic acids is 1. The van der Waals surface area contributed by atoms with Crippen LogP contribution in [0.3, 0.4) is 0 Å². The third-order valence-corrected chi connectivity index (χ3v) is 2.98. The van der Waals surface area contributed by atoms with Gasteiger partial charge < -0.3 is 10.2 Å². The van der Waals surface area contributed by atoms with E-state index in [9.17, 15) is 19.5 Å². The van der Waals surface area contributed by atoms with Gasteiger partial charge in [0.25, 0.3) is 0 Å². The van der Waals surface area contributed by atoms with Crippen molar-refractivity contribution in [2.75, 3.05) is 5.33 Å². The van der Waals surface area contributed by atoms with Crippen LogP contribution in [0.1, 0.15) is 27.6 Å². The van der Waals surface area contributed by atoms with Crippen molar-refractivity contribution in [2.45, 2.75) is 12.5 Å². The normalized spacial score (nSPS) is 11.9. The third-order valence-electron chi connectivity index (χ3n) is 2.36. The zero-order chi connectivity index (χ0) is 13.7. The van der Waals surface area contributed by atoms with E-state index < -0.39 is 12.1 Å². The van der Waals surface area contributed by atoms with Crippen molar-refractivity contribution in [2.24, 2.45) is 0 Å². The molecule has 0 aliphatic rings. The van der Waals surface area contributed by atoms with Crippen LogP contribution in [0.4, 0.5) is 0 Å². The quantitative estimate of drug-likeness (QED) is 0.606. The number of alkyl halides is 1. The zero-order valence-corrected chi connectivity index (χ0v) is 10.9. The van der Waals surface area contributed by atoms with Crippen molar-refractivity contribution in [3.63, 3.8) is 0 Å². The van der Waals surface area contributed by atoms with Crippen LogP contribution in [0.2, 0.25) is 0 Å². The summed E-state index contributed by atoms with van der Waals surface area (Å²) < 4.78 is 0. The van der Waals surface area contributed by atoms with Gasteiger partial charge in [0.2, 0.25) is 0 Å². The summed E-state index contributed by atoms with van der Waals surface area (Å²) in [6.07, 6.45) is -1.13. The lowest BCUT2D eigenvalue weighted by Crippen LogP contribution is -2.13. The number of hydrogen-bond donors (Lipinski definition) is 2. The standard InChI is InChI=1S/C12H11BrO5/c13-5-9(15)4-7-1-2-10(8(3-7)6-14)11(16)12(17)18/h1-3,6,11,16H,4-5H2,(H,17,18). The van der Waals surface area contributed by atoms with Crippen molar-refractivity contribution in [1.82, 2.24) is 0 Å². The third kappa shape index (κ3) is 3.48. The van der Waals surface area contributed by atoms with Gasteiger partial charge in [0.1, 0.15) is 12.1 Å². The van der Waals surface area contributed by atoms with E-state index in [1.165, 1.54) is 18.2 Å². The Morgan fingerprint density at radius 3 is 2.56 bits per heavy atom. The van der Waals surface area contributed by atoms with Gasteiger partial charge in [-0.15, -0.1) is 0 Å². The summed E-state index contributed by atoms with van der Waals surface area (Å²) in [7, 11) is 0. The summed E-state index contributed by atoms with van der Waals surface area (Å²) in [4.78, 5) is 32.7. The Labute approximate surface area is 112 Å². The van der Waals surface area contributed by atoms with Gasteiger partial charge in [-0.1, -0.05) is 28.1 Å². The van der Waals surface area contributed by atoms with Crippen LogP contribution in [0.15, 0.2) is 18.2 Å². The lowest BCUT2D eigenvalue weighted by Gasteiger charge is -2.10. The number of aldehydes is 1. The largest absolute Gasteiger partial charge is 0.479 e. The molecule has 0 amide bonds. The van der Waals surface area contributed by atoms with Crippen molar-refractivity contribution in [1.29, 1.82) is 0 Å². The number of Topliss-reactive ketones (excluding diaryl/α,β-unsaturated/α-hetero) is 1. The van der Waals surface area contributed by atoms with Gasteiger partial charge in [0.15, 0.2) is 6.10 Å². The fourth-order valence-corrected chi connectivity index (χ4v) is 1.69. The number of carboxylic acids is 1. The molecule has 0 spiro atoms. The molecule has 96 valence electrons. The first-order chi connectivity index (χ1) is 8.49. The summed E-state index contributed by atoms with van der Waals surface area (Å²) in [6.45, 7) is 0. The first kappa shape index (κ1) is 14.5. The number of rotatable bonds is 6. The molecule has 5 nitrogen and oxygen atoms in total. The Balaban J connectivity index is 3.07. The van der Waals surface area contributed by atoms with Crippen LogP contribution in [-0.2, 0) is 16.0 Å². The first-order valence-corrected chi connectivity index (χ1v) is 6.18. The van der Waals surface area contributed by atoms with Crippen LogP contribution in [0, 0.1) is 0 Å². The highest BCUT2D eigenvalue weighted by Gasteiger charge is 2.19. The van der Waals surface area contributed by atoms with Crippen LogP contribution in [-0.4, -0.2) is 33.6 Å². The van der Waals surface area contributed by atoms with Gasteiger partial charge in [0.05, 0.1) is 5.33 Å². The monoisotopic (exact) mass is 314 g/mol. The SMILES string of the molecule is O=Cc1cc(CC(=O)CBr)ccc1C(O)C(=O)O. The van der Waals surface area contributed by atoms with Crippen molar-refractivity contribution < 1.29 is 24.6 Å². The Bertz CT molecular complexity index is 483. The number of benzene rings is 1. The molecule has 0 aliphatic heterocycles. The lowest BCUT2D eigenvalue weighted by atomic mass is 9.98. The van der Waals surface area contributed by atoms with Gasteiger partial charge in [-0.3, -0.25) is 9.59 Å². The van der Waals surface area contributed by atoms with Gasteiger partial charge in [-0.25, -0.2) is 4.79 Å². The number of carbonyl (C=O) groups is 3. The molecule has 1 aromatic rings. The molecule has 0 aromatic heterocycles. The van der Waals surface area contributed by atoms with E-state index in [1.807, 2.05) is 0 Å². The number of carboxylic acid groups (broad SMARTS) is 1. The molecule has 1 unspecified atom stereocenters. The minimum Gasteiger partial charge on any atom is -0.479 e. The van der Waals surface area contributed by atoms with Crippen molar-refractivity contribution in [3.8, 4) is 0 Å². The Morgan fingerprint density at radius 1 is 1.39 bits per heavy atom. The topological polar surface area (TPSA) is 91.7 Å². The molecule has 6 heteroatoms. The smallest absolute Gasteiger partial charge is 0.337 e. The highest BCUT2D eigenvalue weighted by atomic mass is 79.9. The predicted octanol–water partition coefficient (Wildman–Crippen LogP) is 1.12. The molecule has 0 bridgehead atoms. The second kappa shape index (κ2) is 6.42. The number of halogens is 1. The molecule has 0 fully saturated rings. The summed E-state index contributed by atoms with van der Waals surface area (Å²) in [5, 5.41) is 18.3. The maximum absolute atomic E-state index is 11.2. The lowest BCUT2D eigenvalue weighted by molar-refractivity contribution is -0.147. The van der Waals surface area contributed by atoms with Gasteiger partial charge in [-0.05, 0) is 11.6 Å². The molecule has 1 aromatic carbocycles. The van der Waals surface area contributed by atoms with E-state index in [2.05, 4.69) is 15.9 Å². The van der Waals surface area contributed by atoms with Gasteiger partial charge in [-0.2, -0.15) is 0 Å². The minimum atomic E-state index is -1.74. The zero-order valence-electron chi connectivity index (χ0n) is 9.30.